The first-order valence-electron chi connectivity index (χ1n) is 19.1. The van der Waals surface area contributed by atoms with Crippen LogP contribution in [0.1, 0.15) is 34.4 Å². The number of anilines is 1. The van der Waals surface area contributed by atoms with E-state index in [0.29, 0.717) is 35.2 Å². The largest absolute Gasteiger partial charge is 0.477 e. The molecule has 0 spiro atoms. The number of rotatable bonds is 11. The topological polar surface area (TPSA) is 176 Å². The summed E-state index contributed by atoms with van der Waals surface area (Å²) in [5.41, 5.74) is 8.63. The number of aliphatic carboxylic acids is 1. The number of aromatic nitrogens is 1. The first-order valence-corrected chi connectivity index (χ1v) is 21.0. The highest BCUT2D eigenvalue weighted by atomic mass is 32.2. The Morgan fingerprint density at radius 1 is 0.867 bits per heavy atom. The Hall–Kier alpha value is -7.03. The number of hydrogen-bond donors (Lipinski definition) is 4. The predicted molar refractivity (Wildman–Crippen MR) is 232 cm³/mol. The first-order chi connectivity index (χ1) is 29.3. The predicted octanol–water partition coefficient (Wildman–Crippen LogP) is 6.30. The summed E-state index contributed by atoms with van der Waals surface area (Å²) in [6.45, 7) is 0.409. The molecule has 1 aromatic heterocycles. The van der Waals surface area contributed by atoms with Crippen molar-refractivity contribution < 1.29 is 29.1 Å². The van der Waals surface area contributed by atoms with Crippen LogP contribution in [0.15, 0.2) is 161 Å². The molecule has 2 saturated heterocycles. The third-order valence-electron chi connectivity index (χ3n) is 10.8. The van der Waals surface area contributed by atoms with Crippen molar-refractivity contribution in [2.75, 3.05) is 18.0 Å². The number of allylic oxidation sites excluding steroid dienone is 1. The van der Waals surface area contributed by atoms with Gasteiger partial charge in [0.2, 0.25) is 11.5 Å². The van der Waals surface area contributed by atoms with Gasteiger partial charge in [0, 0.05) is 45.5 Å². The number of nitrogen functional groups attached to an aromatic ring is 1. The maximum absolute atomic E-state index is 14.5. The zero-order chi connectivity index (χ0) is 41.4. The lowest BCUT2D eigenvalue weighted by molar-refractivity contribution is -0.150. The molecule has 2 fully saturated rings. The van der Waals surface area contributed by atoms with E-state index in [-0.39, 0.29) is 33.9 Å². The van der Waals surface area contributed by atoms with Crippen LogP contribution in [0.4, 0.5) is 5.13 Å². The van der Waals surface area contributed by atoms with Crippen molar-refractivity contribution >= 4 is 74.0 Å². The number of carbonyl (C=O) groups is 4. The summed E-state index contributed by atoms with van der Waals surface area (Å²) >= 11 is 2.42. The van der Waals surface area contributed by atoms with E-state index in [0.717, 1.165) is 38.8 Å². The third-order valence-corrected chi connectivity index (χ3v) is 12.8. The minimum atomic E-state index is -1.33. The van der Waals surface area contributed by atoms with Gasteiger partial charge in [-0.1, -0.05) is 139 Å². The lowest BCUT2D eigenvalue weighted by Crippen LogP contribution is -2.71. The van der Waals surface area contributed by atoms with Crippen molar-refractivity contribution in [2.24, 2.45) is 5.16 Å². The van der Waals surface area contributed by atoms with E-state index in [9.17, 15) is 24.3 Å². The Bertz CT molecular complexity index is 2670. The van der Waals surface area contributed by atoms with E-state index in [1.54, 1.807) is 5.38 Å². The SMILES string of the molecule is Nc1nc(C(=NOC(c2ccccc2)(c2ccccc2)c2ccccc2)C(=O)N[C@@H]2C(=O)N3C(C(=O)O)=C(C(=C4CCNC4=O)c4cccc5ccccc45)CS[C@H]23)cs1. The Kier molecular flexibility index (Phi) is 10.2. The average Bonchev–Trinajstić information content (AvgIpc) is 3.92. The van der Waals surface area contributed by atoms with Crippen LogP contribution in [0.2, 0.25) is 0 Å². The second kappa shape index (κ2) is 16.0. The summed E-state index contributed by atoms with van der Waals surface area (Å²) in [6.07, 6.45) is 0.389. The summed E-state index contributed by atoms with van der Waals surface area (Å²) in [5, 5.41) is 23.8. The third kappa shape index (κ3) is 6.69. The van der Waals surface area contributed by atoms with Gasteiger partial charge in [-0.05, 0) is 28.3 Å². The average molecular weight is 833 g/mol. The molecule has 2 atom stereocenters. The molecule has 0 bridgehead atoms. The van der Waals surface area contributed by atoms with Gasteiger partial charge in [0.1, 0.15) is 22.8 Å². The van der Waals surface area contributed by atoms with Crippen molar-refractivity contribution in [3.63, 3.8) is 0 Å². The molecule has 0 saturated carbocycles. The van der Waals surface area contributed by atoms with Crippen LogP contribution < -0.4 is 16.4 Å². The van der Waals surface area contributed by atoms with Crippen LogP contribution in [0.5, 0.6) is 0 Å². The highest BCUT2D eigenvalue weighted by molar-refractivity contribution is 8.00. The molecule has 3 amide bonds. The molecule has 60 heavy (non-hydrogen) atoms. The van der Waals surface area contributed by atoms with Crippen LogP contribution in [0.25, 0.3) is 16.3 Å². The fourth-order valence-electron chi connectivity index (χ4n) is 8.12. The number of hydrogen-bond acceptors (Lipinski definition) is 10. The number of carbonyl (C=O) groups excluding carboxylic acids is 3. The van der Waals surface area contributed by atoms with E-state index < -0.39 is 34.8 Å². The molecular weight excluding hydrogens is 797 g/mol. The van der Waals surface area contributed by atoms with E-state index in [1.807, 2.05) is 133 Å². The fourth-order valence-corrected chi connectivity index (χ4v) is 10.0. The van der Waals surface area contributed by atoms with Crippen LogP contribution in [0, 0.1) is 0 Å². The number of fused-ring (bicyclic) bond motifs is 2. The van der Waals surface area contributed by atoms with Crippen LogP contribution in [0.3, 0.4) is 0 Å². The normalized spacial score (nSPS) is 18.7. The number of thioether (sulfide) groups is 1. The second-order valence-corrected chi connectivity index (χ2v) is 16.3. The first kappa shape index (κ1) is 38.5. The number of thiazole rings is 1. The fraction of sp³-hybridized carbons (Fsp3) is 0.130. The van der Waals surface area contributed by atoms with Gasteiger partial charge < -0.3 is 26.3 Å². The van der Waals surface area contributed by atoms with E-state index in [4.69, 9.17) is 10.6 Å². The number of amides is 3. The van der Waals surface area contributed by atoms with Gasteiger partial charge in [-0.3, -0.25) is 19.3 Å². The Morgan fingerprint density at radius 2 is 1.48 bits per heavy atom. The lowest BCUT2D eigenvalue weighted by atomic mass is 9.80. The molecule has 9 rings (SSSR count). The quantitative estimate of drug-likeness (QED) is 0.0384. The molecule has 12 nitrogen and oxygen atoms in total. The molecule has 4 heterocycles. The lowest BCUT2D eigenvalue weighted by Gasteiger charge is -2.49. The smallest absolute Gasteiger partial charge is 0.352 e. The number of oxime groups is 1. The number of benzene rings is 5. The molecule has 0 radical (unpaired) electrons. The van der Waals surface area contributed by atoms with E-state index >= 15 is 0 Å². The summed E-state index contributed by atoms with van der Waals surface area (Å²) < 4.78 is 0. The number of nitrogens with one attached hydrogen (secondary N) is 2. The van der Waals surface area contributed by atoms with E-state index in [2.05, 4.69) is 20.8 Å². The second-order valence-electron chi connectivity index (χ2n) is 14.3. The number of nitrogens with two attached hydrogens (primary N) is 1. The van der Waals surface area contributed by atoms with Crippen molar-refractivity contribution in [3.05, 3.63) is 184 Å². The molecule has 5 N–H and O–H groups in total. The molecule has 14 heteroatoms. The summed E-state index contributed by atoms with van der Waals surface area (Å²) in [5.74, 6) is -2.85. The van der Waals surface area contributed by atoms with Gasteiger partial charge >= 0.3 is 5.97 Å². The Balaban J connectivity index is 1.09. The zero-order valence-electron chi connectivity index (χ0n) is 31.8. The number of nitrogens with zero attached hydrogens (tertiary/aromatic N) is 3. The molecule has 6 aromatic rings. The van der Waals surface area contributed by atoms with Gasteiger partial charge in [0.25, 0.3) is 11.8 Å². The van der Waals surface area contributed by atoms with Crippen molar-refractivity contribution in [2.45, 2.75) is 23.4 Å². The monoisotopic (exact) mass is 832 g/mol. The van der Waals surface area contributed by atoms with Gasteiger partial charge in [-0.2, -0.15) is 0 Å². The van der Waals surface area contributed by atoms with Gasteiger partial charge in [0.15, 0.2) is 10.8 Å². The highest BCUT2D eigenvalue weighted by Gasteiger charge is 2.55. The molecule has 3 aliphatic heterocycles. The molecular formula is C46H36N6O6S2. The summed E-state index contributed by atoms with van der Waals surface area (Å²) in [7, 11) is 0. The molecule has 0 aliphatic carbocycles. The van der Waals surface area contributed by atoms with Crippen LogP contribution in [-0.4, -0.2) is 68.1 Å². The van der Waals surface area contributed by atoms with Crippen molar-refractivity contribution in [3.8, 4) is 0 Å². The molecule has 5 aromatic carbocycles. The number of β-lactam (4-membered cyclic amide) rings is 1. The minimum Gasteiger partial charge on any atom is -0.477 e. The minimum absolute atomic E-state index is 0.132. The number of carboxylic acids is 1. The maximum Gasteiger partial charge on any atom is 0.352 e. The van der Waals surface area contributed by atoms with Crippen molar-refractivity contribution in [1.82, 2.24) is 20.5 Å². The summed E-state index contributed by atoms with van der Waals surface area (Å²) in [6, 6.07) is 40.8. The van der Waals surface area contributed by atoms with Gasteiger partial charge in [0.05, 0.1) is 0 Å². The molecule has 0 unspecified atom stereocenters. The summed E-state index contributed by atoms with van der Waals surface area (Å²) in [4.78, 5) is 67.3. The van der Waals surface area contributed by atoms with Gasteiger partial charge in [-0.15, -0.1) is 23.1 Å². The van der Waals surface area contributed by atoms with Crippen LogP contribution >= 0.6 is 23.1 Å². The molecule has 298 valence electrons. The van der Waals surface area contributed by atoms with E-state index in [1.165, 1.54) is 16.7 Å². The molecule has 3 aliphatic rings. The zero-order valence-corrected chi connectivity index (χ0v) is 33.4. The van der Waals surface area contributed by atoms with Gasteiger partial charge in [-0.25, -0.2) is 9.78 Å². The number of carboxylic acid groups (broad SMARTS) is 1. The Morgan fingerprint density at radius 3 is 2.07 bits per heavy atom. The highest BCUT2D eigenvalue weighted by Crippen LogP contribution is 2.47. The van der Waals surface area contributed by atoms with Crippen molar-refractivity contribution in [1.29, 1.82) is 0 Å². The Labute approximate surface area is 352 Å². The van der Waals surface area contributed by atoms with Crippen LogP contribution in [-0.2, 0) is 29.6 Å². The standard InChI is InChI=1S/C46H36N6O6S2/c47-45-49-35(26-60-45)37(51-58-46(28-15-4-1-5-16-28,29-17-6-2-7-18-29)30-19-8-3-9-20-30)41(54)50-38-42(55)52-39(44(56)57)34(25-59-43(38)52)36(33-23-24-48-40(33)53)32-22-12-14-27-13-10-11-21-31(27)32/h1-22,26,38,43H,23-25H2,(H2,47,49)(H,48,53)(H,50,54)(H,56,57)/t38-,43-/m1/s1. The maximum atomic E-state index is 14.5.